The molecule has 5 aromatic rings. The number of carbonyl (C=O) groups is 2. The summed E-state index contributed by atoms with van der Waals surface area (Å²) in [6, 6.07) is 19.1. The Labute approximate surface area is 318 Å². The van der Waals surface area contributed by atoms with Crippen LogP contribution in [0.15, 0.2) is 73.1 Å². The van der Waals surface area contributed by atoms with E-state index in [1.54, 1.807) is 15.4 Å². The number of nitrogens with one attached hydrogen (secondary N) is 2. The molecular formula is C42H54N8O4. The Morgan fingerprint density at radius 1 is 0.556 bits per heavy atom. The molecular weight excluding hydrogens is 681 g/mol. The third kappa shape index (κ3) is 11.2. The van der Waals surface area contributed by atoms with Gasteiger partial charge in [-0.15, -0.1) is 10.2 Å². The van der Waals surface area contributed by atoms with Gasteiger partial charge in [0.05, 0.1) is 48.4 Å². The summed E-state index contributed by atoms with van der Waals surface area (Å²) in [5.74, 6) is 1.36. The molecule has 2 N–H and O–H groups in total. The van der Waals surface area contributed by atoms with Crippen LogP contribution in [0, 0.1) is 0 Å². The number of unbranched alkanes of at least 4 members (excludes halogenated alkanes) is 6. The van der Waals surface area contributed by atoms with Gasteiger partial charge in [0.15, 0.2) is 0 Å². The van der Waals surface area contributed by atoms with Gasteiger partial charge < -0.3 is 20.1 Å². The molecule has 0 saturated heterocycles. The SMILES string of the molecule is CCCCCC(=O)Nc1cc(NC(=O)CCCCC)c(-c2cn(-c3ccc(OCCCC)cc3)nn2)cc1-c1cn(-c2ccc(OCCCC)cc2)nn1. The zero-order chi connectivity index (χ0) is 38.1. The Kier molecular flexibility index (Phi) is 15.2. The van der Waals surface area contributed by atoms with E-state index < -0.39 is 0 Å². The van der Waals surface area contributed by atoms with Gasteiger partial charge in [-0.25, -0.2) is 9.36 Å². The lowest BCUT2D eigenvalue weighted by Gasteiger charge is -2.16. The first-order valence-corrected chi connectivity index (χ1v) is 19.5. The van der Waals surface area contributed by atoms with Gasteiger partial charge in [0.25, 0.3) is 0 Å². The molecule has 0 atom stereocenters. The minimum absolute atomic E-state index is 0.114. The highest BCUT2D eigenvalue weighted by atomic mass is 16.5. The van der Waals surface area contributed by atoms with Gasteiger partial charge in [-0.05, 0) is 86.3 Å². The molecule has 0 spiro atoms. The Balaban J connectivity index is 1.52. The van der Waals surface area contributed by atoms with Crippen molar-refractivity contribution in [2.24, 2.45) is 0 Å². The first-order chi connectivity index (χ1) is 26.4. The van der Waals surface area contributed by atoms with Gasteiger partial charge in [-0.3, -0.25) is 9.59 Å². The van der Waals surface area contributed by atoms with Crippen molar-refractivity contribution >= 4 is 23.2 Å². The summed E-state index contributed by atoms with van der Waals surface area (Å²) in [4.78, 5) is 26.5. The summed E-state index contributed by atoms with van der Waals surface area (Å²) in [7, 11) is 0. The summed E-state index contributed by atoms with van der Waals surface area (Å²) in [6.45, 7) is 9.81. The second-order valence-corrected chi connectivity index (χ2v) is 13.4. The van der Waals surface area contributed by atoms with Crippen molar-refractivity contribution in [3.05, 3.63) is 73.1 Å². The number of ether oxygens (including phenoxy) is 2. The molecule has 2 amide bonds. The van der Waals surface area contributed by atoms with Crippen molar-refractivity contribution in [3.63, 3.8) is 0 Å². The van der Waals surface area contributed by atoms with Gasteiger partial charge in [0, 0.05) is 24.0 Å². The summed E-state index contributed by atoms with van der Waals surface area (Å²) in [6.07, 6.45) is 14.0. The molecule has 0 saturated carbocycles. The van der Waals surface area contributed by atoms with Crippen molar-refractivity contribution in [1.29, 1.82) is 0 Å². The van der Waals surface area contributed by atoms with E-state index in [1.165, 1.54) is 0 Å². The largest absolute Gasteiger partial charge is 0.494 e. The standard InChI is InChI=1S/C42H54N8O4/c1-5-9-13-15-41(51)43-37-28-38(44-42(52)16-14-10-6-2)36(40-30-50(48-46-40)32-19-23-34(24-20-32)54-26-12-8-4)27-35(37)39-29-49(47-45-39)31-17-21-33(22-18-31)53-25-11-7-3/h17-24,27-30H,5-16,25-26H2,1-4H3,(H,43,51)(H,44,52). The molecule has 0 radical (unpaired) electrons. The van der Waals surface area contributed by atoms with E-state index in [1.807, 2.05) is 67.0 Å². The maximum Gasteiger partial charge on any atom is 0.224 e. The molecule has 0 aliphatic heterocycles. The van der Waals surface area contributed by atoms with E-state index >= 15 is 0 Å². The van der Waals surface area contributed by atoms with E-state index in [-0.39, 0.29) is 11.8 Å². The molecule has 12 nitrogen and oxygen atoms in total. The van der Waals surface area contributed by atoms with Gasteiger partial charge in [-0.1, -0.05) is 76.6 Å². The van der Waals surface area contributed by atoms with Crippen LogP contribution in [-0.2, 0) is 9.59 Å². The molecule has 0 bridgehead atoms. The quantitative estimate of drug-likeness (QED) is 0.0671. The second-order valence-electron chi connectivity index (χ2n) is 13.4. The Hall–Kier alpha value is -5.52. The molecule has 54 heavy (non-hydrogen) atoms. The van der Waals surface area contributed by atoms with Crippen LogP contribution in [0.1, 0.15) is 105 Å². The summed E-state index contributed by atoms with van der Waals surface area (Å²) < 4.78 is 15.1. The molecule has 0 fully saturated rings. The fraction of sp³-hybridized carbons (Fsp3) is 0.429. The van der Waals surface area contributed by atoms with E-state index in [0.717, 1.165) is 87.1 Å². The van der Waals surface area contributed by atoms with Crippen molar-refractivity contribution in [2.45, 2.75) is 105 Å². The first kappa shape index (κ1) is 39.7. The van der Waals surface area contributed by atoms with Crippen molar-refractivity contribution in [2.75, 3.05) is 23.8 Å². The highest BCUT2D eigenvalue weighted by Gasteiger charge is 2.21. The number of amides is 2. The van der Waals surface area contributed by atoms with Gasteiger partial charge >= 0.3 is 0 Å². The molecule has 286 valence electrons. The lowest BCUT2D eigenvalue weighted by Crippen LogP contribution is -2.15. The smallest absolute Gasteiger partial charge is 0.224 e. The van der Waals surface area contributed by atoms with E-state index in [2.05, 4.69) is 59.0 Å². The summed E-state index contributed by atoms with van der Waals surface area (Å²) in [5, 5.41) is 24.2. The molecule has 0 aliphatic carbocycles. The minimum Gasteiger partial charge on any atom is -0.494 e. The molecule has 0 aliphatic rings. The van der Waals surface area contributed by atoms with Gasteiger partial charge in [0.1, 0.15) is 22.9 Å². The molecule has 0 unspecified atom stereocenters. The van der Waals surface area contributed by atoms with E-state index in [4.69, 9.17) is 9.47 Å². The topological polar surface area (TPSA) is 138 Å². The van der Waals surface area contributed by atoms with Crippen LogP contribution in [0.5, 0.6) is 11.5 Å². The molecule has 12 heteroatoms. The third-order valence-electron chi connectivity index (χ3n) is 9.00. The number of nitrogens with zero attached hydrogens (tertiary/aromatic N) is 6. The summed E-state index contributed by atoms with van der Waals surface area (Å²) in [5.41, 5.74) is 4.98. The Bertz CT molecular complexity index is 1780. The van der Waals surface area contributed by atoms with E-state index in [9.17, 15) is 9.59 Å². The monoisotopic (exact) mass is 734 g/mol. The maximum atomic E-state index is 13.3. The average molecular weight is 735 g/mol. The highest BCUT2D eigenvalue weighted by Crippen LogP contribution is 2.38. The predicted octanol–water partition coefficient (Wildman–Crippen LogP) is 9.58. The zero-order valence-corrected chi connectivity index (χ0v) is 32.1. The number of carbonyl (C=O) groups excluding carboxylic acids is 2. The lowest BCUT2D eigenvalue weighted by molar-refractivity contribution is -0.117. The first-order valence-electron chi connectivity index (χ1n) is 19.5. The van der Waals surface area contributed by atoms with Crippen molar-refractivity contribution < 1.29 is 19.1 Å². The summed E-state index contributed by atoms with van der Waals surface area (Å²) >= 11 is 0. The fourth-order valence-electron chi connectivity index (χ4n) is 5.81. The van der Waals surface area contributed by atoms with Crippen LogP contribution in [0.2, 0.25) is 0 Å². The van der Waals surface area contributed by atoms with E-state index in [0.29, 0.717) is 59.9 Å². The lowest BCUT2D eigenvalue weighted by atomic mass is 10.0. The number of rotatable bonds is 22. The minimum atomic E-state index is -0.114. The maximum absolute atomic E-state index is 13.3. The molecule has 2 heterocycles. The Morgan fingerprint density at radius 2 is 0.963 bits per heavy atom. The Morgan fingerprint density at radius 3 is 1.35 bits per heavy atom. The van der Waals surface area contributed by atoms with Crippen LogP contribution in [0.4, 0.5) is 11.4 Å². The predicted molar refractivity (Wildman–Crippen MR) is 213 cm³/mol. The van der Waals surface area contributed by atoms with Crippen molar-refractivity contribution in [3.8, 4) is 45.4 Å². The van der Waals surface area contributed by atoms with Crippen LogP contribution in [0.3, 0.4) is 0 Å². The van der Waals surface area contributed by atoms with Crippen LogP contribution >= 0.6 is 0 Å². The number of aromatic nitrogens is 6. The number of benzene rings is 3. The van der Waals surface area contributed by atoms with Crippen LogP contribution < -0.4 is 20.1 Å². The normalized spacial score (nSPS) is 11.0. The van der Waals surface area contributed by atoms with Crippen LogP contribution in [-0.4, -0.2) is 55.0 Å². The number of hydrogen-bond donors (Lipinski definition) is 2. The van der Waals surface area contributed by atoms with Crippen molar-refractivity contribution in [1.82, 2.24) is 30.0 Å². The van der Waals surface area contributed by atoms with Crippen LogP contribution in [0.25, 0.3) is 33.9 Å². The highest BCUT2D eigenvalue weighted by molar-refractivity contribution is 6.02. The fourth-order valence-corrected chi connectivity index (χ4v) is 5.81. The molecule has 3 aromatic carbocycles. The number of hydrogen-bond acceptors (Lipinski definition) is 8. The second kappa shape index (κ2) is 20.6. The average Bonchev–Trinajstić information content (AvgIpc) is 3.87. The zero-order valence-electron chi connectivity index (χ0n) is 32.1. The third-order valence-corrected chi connectivity index (χ3v) is 9.00. The van der Waals surface area contributed by atoms with Gasteiger partial charge in [0.2, 0.25) is 11.8 Å². The van der Waals surface area contributed by atoms with Gasteiger partial charge in [-0.2, -0.15) is 0 Å². The molecule has 5 rings (SSSR count). The molecule has 2 aromatic heterocycles. The number of anilines is 2.